The molecule has 0 unspecified atom stereocenters. The van der Waals surface area contributed by atoms with Crippen LogP contribution < -0.4 is 14.8 Å². The summed E-state index contributed by atoms with van der Waals surface area (Å²) in [7, 11) is 2.95. The molecular formula is C9H13N3O4. The summed E-state index contributed by atoms with van der Waals surface area (Å²) in [6.07, 6.45) is -0.0110. The fourth-order valence-corrected chi connectivity index (χ4v) is 0.973. The molecule has 0 aliphatic rings. The molecular weight excluding hydrogens is 214 g/mol. The number of nitrogens with one attached hydrogen (secondary N) is 1. The van der Waals surface area contributed by atoms with Crippen molar-refractivity contribution >= 4 is 11.9 Å². The number of rotatable bonds is 6. The van der Waals surface area contributed by atoms with Gasteiger partial charge in [0.05, 0.1) is 26.7 Å². The van der Waals surface area contributed by atoms with Crippen molar-refractivity contribution in [3.63, 3.8) is 0 Å². The predicted octanol–water partition coefficient (Wildman–Crippen LogP) is 0.380. The number of carbonyl (C=O) groups is 1. The minimum atomic E-state index is -0.887. The maximum atomic E-state index is 10.3. The number of ether oxygens (including phenoxy) is 2. The standard InChI is InChI=1S/C9H13N3O4/c1-15-6-5-7(16-2)12-9(11-6)10-4-3-8(13)14/h5H,3-4H2,1-2H3,(H,13,14)(H,10,11,12). The van der Waals surface area contributed by atoms with Crippen molar-refractivity contribution in [1.82, 2.24) is 9.97 Å². The van der Waals surface area contributed by atoms with Crippen LogP contribution in [0.5, 0.6) is 11.8 Å². The first-order valence-corrected chi connectivity index (χ1v) is 4.58. The van der Waals surface area contributed by atoms with Crippen LogP contribution in [-0.2, 0) is 4.79 Å². The van der Waals surface area contributed by atoms with Crippen LogP contribution in [0.25, 0.3) is 0 Å². The third-order valence-corrected chi connectivity index (χ3v) is 1.72. The zero-order valence-electron chi connectivity index (χ0n) is 9.06. The van der Waals surface area contributed by atoms with Crippen molar-refractivity contribution in [2.45, 2.75) is 6.42 Å². The lowest BCUT2D eigenvalue weighted by molar-refractivity contribution is -0.136. The molecule has 1 aromatic heterocycles. The normalized spacial score (nSPS) is 9.62. The van der Waals surface area contributed by atoms with Crippen LogP contribution in [-0.4, -0.2) is 41.8 Å². The summed E-state index contributed by atoms with van der Waals surface area (Å²) < 4.78 is 9.87. The molecule has 0 spiro atoms. The number of carboxylic acids is 1. The van der Waals surface area contributed by atoms with Crippen LogP contribution >= 0.6 is 0 Å². The zero-order valence-corrected chi connectivity index (χ0v) is 9.06. The predicted molar refractivity (Wildman–Crippen MR) is 55.9 cm³/mol. The Morgan fingerprint density at radius 1 is 1.38 bits per heavy atom. The average molecular weight is 227 g/mol. The largest absolute Gasteiger partial charge is 0.481 e. The van der Waals surface area contributed by atoms with Gasteiger partial charge in [-0.05, 0) is 0 Å². The molecule has 88 valence electrons. The van der Waals surface area contributed by atoms with Crippen LogP contribution in [0.2, 0.25) is 0 Å². The van der Waals surface area contributed by atoms with Gasteiger partial charge in [0.15, 0.2) is 0 Å². The second-order valence-electron chi connectivity index (χ2n) is 2.85. The van der Waals surface area contributed by atoms with Gasteiger partial charge in [0.25, 0.3) is 0 Å². The van der Waals surface area contributed by atoms with Gasteiger partial charge in [0.2, 0.25) is 17.7 Å². The molecule has 0 bridgehead atoms. The SMILES string of the molecule is COc1cc(OC)nc(NCCC(=O)O)n1. The van der Waals surface area contributed by atoms with E-state index in [-0.39, 0.29) is 18.9 Å². The molecule has 0 radical (unpaired) electrons. The second kappa shape index (κ2) is 5.74. The second-order valence-corrected chi connectivity index (χ2v) is 2.85. The summed E-state index contributed by atoms with van der Waals surface area (Å²) in [5, 5.41) is 11.2. The highest BCUT2D eigenvalue weighted by Crippen LogP contribution is 2.16. The van der Waals surface area contributed by atoms with Crippen molar-refractivity contribution in [1.29, 1.82) is 0 Å². The molecule has 16 heavy (non-hydrogen) atoms. The van der Waals surface area contributed by atoms with Crippen LogP contribution in [0.1, 0.15) is 6.42 Å². The maximum absolute atomic E-state index is 10.3. The average Bonchev–Trinajstić information content (AvgIpc) is 2.28. The Balaban J connectivity index is 2.67. The number of hydrogen-bond acceptors (Lipinski definition) is 6. The van der Waals surface area contributed by atoms with Crippen molar-refractivity contribution < 1.29 is 19.4 Å². The first-order valence-electron chi connectivity index (χ1n) is 4.58. The monoisotopic (exact) mass is 227 g/mol. The topological polar surface area (TPSA) is 93.6 Å². The summed E-state index contributed by atoms with van der Waals surface area (Å²) in [5.41, 5.74) is 0. The number of carboxylic acid groups (broad SMARTS) is 1. The number of methoxy groups -OCH3 is 2. The van der Waals surface area contributed by atoms with E-state index < -0.39 is 5.97 Å². The van der Waals surface area contributed by atoms with Crippen LogP contribution in [0.15, 0.2) is 6.07 Å². The first-order chi connectivity index (χ1) is 7.65. The molecule has 7 heteroatoms. The highest BCUT2D eigenvalue weighted by atomic mass is 16.5. The van der Waals surface area contributed by atoms with E-state index in [1.54, 1.807) is 0 Å². The van der Waals surface area contributed by atoms with Gasteiger partial charge < -0.3 is 19.9 Å². The fourth-order valence-electron chi connectivity index (χ4n) is 0.973. The number of aromatic nitrogens is 2. The van der Waals surface area contributed by atoms with Crippen LogP contribution in [0, 0.1) is 0 Å². The summed E-state index contributed by atoms with van der Waals surface area (Å²) >= 11 is 0. The fraction of sp³-hybridized carbons (Fsp3) is 0.444. The lowest BCUT2D eigenvalue weighted by Gasteiger charge is -2.07. The van der Waals surface area contributed by atoms with E-state index in [0.717, 1.165) is 0 Å². The number of nitrogens with zero attached hydrogens (tertiary/aromatic N) is 2. The molecule has 0 fully saturated rings. The van der Waals surface area contributed by atoms with Gasteiger partial charge >= 0.3 is 5.97 Å². The quantitative estimate of drug-likeness (QED) is 0.725. The van der Waals surface area contributed by atoms with Gasteiger partial charge in [-0.15, -0.1) is 0 Å². The minimum Gasteiger partial charge on any atom is -0.481 e. The van der Waals surface area contributed by atoms with Gasteiger partial charge in [-0.3, -0.25) is 4.79 Å². The molecule has 0 aromatic carbocycles. The molecule has 7 nitrogen and oxygen atoms in total. The molecule has 0 aliphatic heterocycles. The summed E-state index contributed by atoms with van der Waals surface area (Å²) in [4.78, 5) is 18.3. The Morgan fingerprint density at radius 2 is 1.94 bits per heavy atom. The van der Waals surface area contributed by atoms with Gasteiger partial charge in [0, 0.05) is 6.54 Å². The third-order valence-electron chi connectivity index (χ3n) is 1.72. The molecule has 0 atom stereocenters. The molecule has 0 saturated carbocycles. The molecule has 0 amide bonds. The Bertz CT molecular complexity index is 348. The molecule has 1 aromatic rings. The Hall–Kier alpha value is -2.05. The van der Waals surface area contributed by atoms with Crippen LogP contribution in [0.4, 0.5) is 5.95 Å². The molecule has 1 rings (SSSR count). The highest BCUT2D eigenvalue weighted by Gasteiger charge is 2.05. The molecule has 2 N–H and O–H groups in total. The minimum absolute atomic E-state index is 0.0110. The van der Waals surface area contributed by atoms with Crippen molar-refractivity contribution in [2.75, 3.05) is 26.1 Å². The van der Waals surface area contributed by atoms with Gasteiger partial charge in [0.1, 0.15) is 0 Å². The van der Waals surface area contributed by atoms with Crippen molar-refractivity contribution in [2.24, 2.45) is 0 Å². The Morgan fingerprint density at radius 3 is 2.38 bits per heavy atom. The van der Waals surface area contributed by atoms with E-state index in [0.29, 0.717) is 11.8 Å². The van der Waals surface area contributed by atoms with Gasteiger partial charge in [-0.2, -0.15) is 9.97 Å². The van der Waals surface area contributed by atoms with Crippen LogP contribution in [0.3, 0.4) is 0 Å². The number of anilines is 1. The Kier molecular flexibility index (Phi) is 4.31. The van der Waals surface area contributed by atoms with E-state index >= 15 is 0 Å². The van der Waals surface area contributed by atoms with E-state index in [4.69, 9.17) is 14.6 Å². The summed E-state index contributed by atoms with van der Waals surface area (Å²) in [6.45, 7) is 0.242. The number of hydrogen-bond donors (Lipinski definition) is 2. The highest BCUT2D eigenvalue weighted by molar-refractivity contribution is 5.67. The Labute approximate surface area is 92.4 Å². The lowest BCUT2D eigenvalue weighted by Crippen LogP contribution is -2.10. The van der Waals surface area contributed by atoms with E-state index in [1.807, 2.05) is 0 Å². The summed E-state index contributed by atoms with van der Waals surface area (Å²) in [6, 6.07) is 1.53. The zero-order chi connectivity index (χ0) is 12.0. The van der Waals surface area contributed by atoms with Crippen molar-refractivity contribution in [3.05, 3.63) is 6.07 Å². The smallest absolute Gasteiger partial charge is 0.305 e. The number of aliphatic carboxylic acids is 1. The van der Waals surface area contributed by atoms with Gasteiger partial charge in [-0.25, -0.2) is 0 Å². The van der Waals surface area contributed by atoms with E-state index in [2.05, 4.69) is 15.3 Å². The summed E-state index contributed by atoms with van der Waals surface area (Å²) in [5.74, 6) is 0.0918. The molecule has 0 aliphatic carbocycles. The first kappa shape index (κ1) is 12.0. The third kappa shape index (κ3) is 3.60. The maximum Gasteiger partial charge on any atom is 0.305 e. The van der Waals surface area contributed by atoms with E-state index in [1.165, 1.54) is 20.3 Å². The van der Waals surface area contributed by atoms with Crippen molar-refractivity contribution in [3.8, 4) is 11.8 Å². The van der Waals surface area contributed by atoms with Gasteiger partial charge in [-0.1, -0.05) is 0 Å². The molecule has 1 heterocycles. The molecule has 0 saturated heterocycles. The van der Waals surface area contributed by atoms with E-state index in [9.17, 15) is 4.79 Å². The lowest BCUT2D eigenvalue weighted by atomic mass is 10.4.